The molecule has 2 amide bonds. The van der Waals surface area contributed by atoms with Gasteiger partial charge < -0.3 is 15.2 Å². The number of aromatic nitrogens is 3. The predicted octanol–water partition coefficient (Wildman–Crippen LogP) is 3.92. The van der Waals surface area contributed by atoms with Gasteiger partial charge in [0.1, 0.15) is 5.82 Å². The monoisotopic (exact) mass is 459 g/mol. The van der Waals surface area contributed by atoms with Crippen molar-refractivity contribution in [1.29, 1.82) is 0 Å². The fourth-order valence-corrected chi connectivity index (χ4v) is 3.60. The molecule has 0 fully saturated rings. The Bertz CT molecular complexity index is 1100. The van der Waals surface area contributed by atoms with Crippen LogP contribution >= 0.6 is 23.4 Å². The van der Waals surface area contributed by atoms with Crippen molar-refractivity contribution in [3.8, 4) is 0 Å². The maximum atomic E-state index is 13.8. The number of nitrogens with zero attached hydrogens (tertiary/aromatic N) is 3. The fourth-order valence-electron chi connectivity index (χ4n) is 2.65. The zero-order valence-corrected chi connectivity index (χ0v) is 17.9. The van der Waals surface area contributed by atoms with E-state index in [-0.39, 0.29) is 23.8 Å². The predicted molar refractivity (Wildman–Crippen MR) is 119 cm³/mol. The lowest BCUT2D eigenvalue weighted by Crippen LogP contribution is -2.25. The average molecular weight is 460 g/mol. The lowest BCUT2D eigenvalue weighted by molar-refractivity contribution is -0.113. The Morgan fingerprint density at radius 2 is 1.90 bits per heavy atom. The molecule has 0 aliphatic carbocycles. The summed E-state index contributed by atoms with van der Waals surface area (Å²) >= 11 is 7.24. The van der Waals surface area contributed by atoms with E-state index < -0.39 is 11.7 Å². The molecule has 31 heavy (non-hydrogen) atoms. The minimum atomic E-state index is -0.603. The zero-order valence-electron chi connectivity index (χ0n) is 16.3. The lowest BCUT2D eigenvalue weighted by Gasteiger charge is -2.10. The van der Waals surface area contributed by atoms with Crippen LogP contribution in [0.1, 0.15) is 16.2 Å². The number of amides is 2. The topological polar surface area (TPSA) is 88.9 Å². The number of allylic oxidation sites excluding steroid dienone is 1. The highest BCUT2D eigenvalue weighted by atomic mass is 35.5. The van der Waals surface area contributed by atoms with Gasteiger partial charge in [0.05, 0.1) is 28.6 Å². The van der Waals surface area contributed by atoms with Crippen LogP contribution in [0.15, 0.2) is 66.3 Å². The molecule has 0 aliphatic heterocycles. The number of para-hydroxylation sites is 1. The molecule has 0 saturated heterocycles. The summed E-state index contributed by atoms with van der Waals surface area (Å²) in [6.45, 7) is 4.14. The molecule has 0 unspecified atom stereocenters. The zero-order chi connectivity index (χ0) is 22.2. The van der Waals surface area contributed by atoms with Crippen LogP contribution in [-0.2, 0) is 17.9 Å². The van der Waals surface area contributed by atoms with E-state index in [4.69, 9.17) is 11.6 Å². The van der Waals surface area contributed by atoms with Gasteiger partial charge in [0.25, 0.3) is 5.91 Å². The maximum Gasteiger partial charge on any atom is 0.254 e. The summed E-state index contributed by atoms with van der Waals surface area (Å²) in [6, 6.07) is 12.7. The highest BCUT2D eigenvalue weighted by Gasteiger charge is 2.16. The number of carbonyl (C=O) groups is 2. The van der Waals surface area contributed by atoms with Crippen molar-refractivity contribution in [3.05, 3.63) is 83.4 Å². The standard InChI is InChI=1S/C21H19ClFN5O2S/c1-2-11-28-18(12-24-20(30)14-7-3-5-9-16(14)23)26-27-21(28)31-13-19(29)25-17-10-6-4-8-15(17)22/h2-10H,1,11-13H2,(H,24,30)(H,25,29). The Morgan fingerprint density at radius 1 is 1.16 bits per heavy atom. The van der Waals surface area contributed by atoms with Crippen molar-refractivity contribution in [2.45, 2.75) is 18.2 Å². The van der Waals surface area contributed by atoms with Crippen LogP contribution in [0.2, 0.25) is 5.02 Å². The second-order valence-corrected chi connectivity index (χ2v) is 7.63. The molecule has 0 saturated carbocycles. The summed E-state index contributed by atoms with van der Waals surface area (Å²) in [5.41, 5.74) is 0.474. The molecule has 2 aromatic carbocycles. The molecule has 3 aromatic rings. The van der Waals surface area contributed by atoms with Crippen LogP contribution in [0.25, 0.3) is 0 Å². The number of thioether (sulfide) groups is 1. The summed E-state index contributed by atoms with van der Waals surface area (Å²) in [4.78, 5) is 24.5. The minimum absolute atomic E-state index is 0.0421. The highest BCUT2D eigenvalue weighted by Crippen LogP contribution is 2.22. The fraction of sp³-hybridized carbons (Fsp3) is 0.143. The summed E-state index contributed by atoms with van der Waals surface area (Å²) in [6.07, 6.45) is 1.65. The second kappa shape index (κ2) is 10.7. The second-order valence-electron chi connectivity index (χ2n) is 6.28. The van der Waals surface area contributed by atoms with Crippen molar-refractivity contribution in [2.24, 2.45) is 0 Å². The van der Waals surface area contributed by atoms with Crippen LogP contribution in [0.5, 0.6) is 0 Å². The molecule has 2 N–H and O–H groups in total. The van der Waals surface area contributed by atoms with Crippen LogP contribution in [0, 0.1) is 5.82 Å². The number of anilines is 1. The summed E-state index contributed by atoms with van der Waals surface area (Å²) in [5.74, 6) is -0.866. The first-order chi connectivity index (χ1) is 15.0. The third-order valence-electron chi connectivity index (χ3n) is 4.11. The number of hydrogen-bond acceptors (Lipinski definition) is 5. The van der Waals surface area contributed by atoms with E-state index in [0.29, 0.717) is 28.2 Å². The molecule has 160 valence electrons. The molecule has 1 heterocycles. The van der Waals surface area contributed by atoms with Crippen molar-refractivity contribution in [1.82, 2.24) is 20.1 Å². The first-order valence-corrected chi connectivity index (χ1v) is 10.6. The molecule has 7 nitrogen and oxygen atoms in total. The Balaban J connectivity index is 1.62. The van der Waals surface area contributed by atoms with Crippen molar-refractivity contribution < 1.29 is 14.0 Å². The largest absolute Gasteiger partial charge is 0.345 e. The average Bonchev–Trinajstić information content (AvgIpc) is 3.14. The Hall–Kier alpha value is -3.17. The molecule has 1 aromatic heterocycles. The maximum absolute atomic E-state index is 13.8. The van der Waals surface area contributed by atoms with Crippen molar-refractivity contribution in [3.63, 3.8) is 0 Å². The van der Waals surface area contributed by atoms with Crippen LogP contribution in [0.4, 0.5) is 10.1 Å². The quantitative estimate of drug-likeness (QED) is 0.374. The number of hydrogen-bond donors (Lipinski definition) is 2. The van der Waals surface area contributed by atoms with Gasteiger partial charge in [-0.15, -0.1) is 16.8 Å². The number of halogens is 2. The van der Waals surface area contributed by atoms with Gasteiger partial charge in [0, 0.05) is 6.54 Å². The van der Waals surface area contributed by atoms with Crippen LogP contribution in [0.3, 0.4) is 0 Å². The first kappa shape index (κ1) is 22.5. The van der Waals surface area contributed by atoms with Gasteiger partial charge >= 0.3 is 0 Å². The SMILES string of the molecule is C=CCn1c(CNC(=O)c2ccccc2F)nnc1SCC(=O)Nc1ccccc1Cl. The molecule has 0 radical (unpaired) electrons. The molecular formula is C21H19ClFN5O2S. The third kappa shape index (κ3) is 5.93. The van der Waals surface area contributed by atoms with E-state index in [0.717, 1.165) is 0 Å². The molecule has 0 aliphatic rings. The molecule has 0 bridgehead atoms. The van der Waals surface area contributed by atoms with Gasteiger partial charge in [0.2, 0.25) is 5.91 Å². The van der Waals surface area contributed by atoms with Crippen molar-refractivity contribution >= 4 is 40.9 Å². The van der Waals surface area contributed by atoms with E-state index in [1.807, 2.05) is 0 Å². The molecule has 3 rings (SSSR count). The normalized spacial score (nSPS) is 10.5. The van der Waals surface area contributed by atoms with E-state index in [1.54, 1.807) is 41.0 Å². The van der Waals surface area contributed by atoms with Gasteiger partial charge in [-0.25, -0.2) is 4.39 Å². The van der Waals surface area contributed by atoms with Gasteiger partial charge in [0.15, 0.2) is 11.0 Å². The summed E-state index contributed by atoms with van der Waals surface area (Å²) in [5, 5.41) is 14.5. The van der Waals surface area contributed by atoms with Gasteiger partial charge in [-0.1, -0.05) is 53.7 Å². The Kier molecular flexibility index (Phi) is 7.80. The third-order valence-corrected chi connectivity index (χ3v) is 5.41. The smallest absolute Gasteiger partial charge is 0.254 e. The van der Waals surface area contributed by atoms with E-state index in [9.17, 15) is 14.0 Å². The Labute approximate surface area is 187 Å². The lowest BCUT2D eigenvalue weighted by atomic mass is 10.2. The van der Waals surface area contributed by atoms with Crippen molar-refractivity contribution in [2.75, 3.05) is 11.1 Å². The highest BCUT2D eigenvalue weighted by molar-refractivity contribution is 7.99. The number of benzene rings is 2. The first-order valence-electron chi connectivity index (χ1n) is 9.22. The number of rotatable bonds is 9. The minimum Gasteiger partial charge on any atom is -0.345 e. The molecular weight excluding hydrogens is 441 g/mol. The Morgan fingerprint density at radius 3 is 2.65 bits per heavy atom. The van der Waals surface area contributed by atoms with Gasteiger partial charge in [-0.05, 0) is 24.3 Å². The number of nitrogens with one attached hydrogen (secondary N) is 2. The summed E-state index contributed by atoms with van der Waals surface area (Å²) in [7, 11) is 0. The van der Waals surface area contributed by atoms with Crippen LogP contribution in [-0.4, -0.2) is 32.3 Å². The molecule has 0 spiro atoms. The van der Waals surface area contributed by atoms with Gasteiger partial charge in [-0.3, -0.25) is 9.59 Å². The summed E-state index contributed by atoms with van der Waals surface area (Å²) < 4.78 is 15.5. The number of carbonyl (C=O) groups excluding carboxylic acids is 2. The molecule has 0 atom stereocenters. The van der Waals surface area contributed by atoms with Gasteiger partial charge in [-0.2, -0.15) is 0 Å². The van der Waals surface area contributed by atoms with E-state index >= 15 is 0 Å². The molecule has 10 heteroatoms. The van der Waals surface area contributed by atoms with E-state index in [1.165, 1.54) is 30.0 Å². The van der Waals surface area contributed by atoms with Crippen LogP contribution < -0.4 is 10.6 Å². The van der Waals surface area contributed by atoms with E-state index in [2.05, 4.69) is 27.4 Å².